The van der Waals surface area contributed by atoms with Crippen molar-refractivity contribution in [1.29, 1.82) is 0 Å². The van der Waals surface area contributed by atoms with E-state index in [9.17, 15) is 5.11 Å². The molecule has 3 nitrogen and oxygen atoms in total. The van der Waals surface area contributed by atoms with Crippen LogP contribution in [-0.4, -0.2) is 34.1 Å². The van der Waals surface area contributed by atoms with Crippen LogP contribution >= 0.6 is 22.6 Å². The van der Waals surface area contributed by atoms with Gasteiger partial charge in [-0.15, -0.1) is 0 Å². The van der Waals surface area contributed by atoms with E-state index in [1.165, 1.54) is 38.5 Å². The Morgan fingerprint density at radius 3 is 2.38 bits per heavy atom. The Balaban J connectivity index is 1.51. The molecular formula is C25H39IO3. The lowest BCUT2D eigenvalue weighted by atomic mass is 9.46. The fourth-order valence-corrected chi connectivity index (χ4v) is 9.46. The zero-order valence-corrected chi connectivity index (χ0v) is 20.8. The molecule has 1 heterocycles. The van der Waals surface area contributed by atoms with Gasteiger partial charge in [0.15, 0.2) is 5.79 Å². The van der Waals surface area contributed by atoms with Crippen molar-refractivity contribution in [1.82, 2.24) is 0 Å². The van der Waals surface area contributed by atoms with Crippen LogP contribution in [0.3, 0.4) is 0 Å². The Morgan fingerprint density at radius 1 is 0.966 bits per heavy atom. The number of rotatable bonds is 2. The molecule has 0 radical (unpaired) electrons. The molecule has 5 aliphatic rings. The van der Waals surface area contributed by atoms with Crippen LogP contribution in [0.5, 0.6) is 0 Å². The molecule has 4 fully saturated rings. The number of fused-ring (bicyclic) bond motifs is 5. The molecule has 0 aromatic rings. The summed E-state index contributed by atoms with van der Waals surface area (Å²) >= 11 is 2.63. The first-order valence-corrected chi connectivity index (χ1v) is 13.3. The molecule has 1 saturated heterocycles. The van der Waals surface area contributed by atoms with Gasteiger partial charge in [-0.2, -0.15) is 0 Å². The van der Waals surface area contributed by atoms with Crippen LogP contribution in [0, 0.1) is 34.5 Å². The second kappa shape index (κ2) is 7.18. The van der Waals surface area contributed by atoms with Gasteiger partial charge in [-0.25, -0.2) is 0 Å². The predicted molar refractivity (Wildman–Crippen MR) is 124 cm³/mol. The highest BCUT2D eigenvalue weighted by Gasteiger charge is 2.63. The molecular weight excluding hydrogens is 475 g/mol. The van der Waals surface area contributed by atoms with Gasteiger partial charge < -0.3 is 14.6 Å². The van der Waals surface area contributed by atoms with Crippen molar-refractivity contribution in [2.24, 2.45) is 34.5 Å². The van der Waals surface area contributed by atoms with E-state index in [2.05, 4.69) is 50.3 Å². The van der Waals surface area contributed by atoms with Crippen molar-refractivity contribution in [3.05, 3.63) is 11.1 Å². The third-order valence-electron chi connectivity index (χ3n) is 10.2. The van der Waals surface area contributed by atoms with Crippen molar-refractivity contribution < 1.29 is 14.6 Å². The monoisotopic (exact) mass is 514 g/mol. The standard InChI is InChI=1S/C25H39IO3/c1-15(26)17-14-18-19-5-6-22(25(4)28-11-12-29-25)24(19,3)10-8-20(18)23(2)9-7-16(27)13-21(17)23/h15-16,18-20,22,27H,5-14H2,1-4H3/t15-,16+,18?,19?,20?,22+,23-,24+/m1/s1. The van der Waals surface area contributed by atoms with Gasteiger partial charge in [0.2, 0.25) is 0 Å². The molecule has 29 heavy (non-hydrogen) atoms. The maximum Gasteiger partial charge on any atom is 0.169 e. The van der Waals surface area contributed by atoms with E-state index in [1.54, 1.807) is 11.1 Å². The minimum absolute atomic E-state index is 0.124. The molecule has 0 spiro atoms. The number of hydrogen-bond donors (Lipinski definition) is 1. The van der Waals surface area contributed by atoms with Crippen molar-refractivity contribution in [2.45, 2.75) is 94.9 Å². The van der Waals surface area contributed by atoms with Crippen molar-refractivity contribution >= 4 is 22.6 Å². The molecule has 0 aromatic heterocycles. The molecule has 1 aliphatic heterocycles. The first-order chi connectivity index (χ1) is 13.7. The average Bonchev–Trinajstić information content (AvgIpc) is 3.25. The highest BCUT2D eigenvalue weighted by molar-refractivity contribution is 14.1. The van der Waals surface area contributed by atoms with Gasteiger partial charge in [-0.05, 0) is 93.8 Å². The van der Waals surface area contributed by atoms with Gasteiger partial charge in [-0.3, -0.25) is 0 Å². The van der Waals surface area contributed by atoms with Crippen LogP contribution in [0.1, 0.15) is 79.1 Å². The molecule has 0 aromatic carbocycles. The number of ether oxygens (including phenoxy) is 2. The van der Waals surface area contributed by atoms with Gasteiger partial charge in [-0.1, -0.05) is 47.6 Å². The molecule has 0 bridgehead atoms. The summed E-state index contributed by atoms with van der Waals surface area (Å²) in [5, 5.41) is 10.5. The Labute approximate surface area is 190 Å². The summed E-state index contributed by atoms with van der Waals surface area (Å²) in [5.41, 5.74) is 3.97. The third kappa shape index (κ3) is 3.05. The molecule has 1 N–H and O–H groups in total. The number of hydrogen-bond acceptors (Lipinski definition) is 3. The largest absolute Gasteiger partial charge is 0.393 e. The lowest BCUT2D eigenvalue weighted by molar-refractivity contribution is -0.214. The van der Waals surface area contributed by atoms with Gasteiger partial charge >= 0.3 is 0 Å². The van der Waals surface area contributed by atoms with Crippen LogP contribution < -0.4 is 0 Å². The van der Waals surface area contributed by atoms with Crippen LogP contribution in [0.25, 0.3) is 0 Å². The minimum atomic E-state index is -0.371. The molecule has 3 saturated carbocycles. The molecule has 0 amide bonds. The average molecular weight is 514 g/mol. The summed E-state index contributed by atoms with van der Waals surface area (Å²) in [6.07, 6.45) is 9.45. The van der Waals surface area contributed by atoms with Crippen molar-refractivity contribution in [3.63, 3.8) is 0 Å². The predicted octanol–water partition coefficient (Wildman–Crippen LogP) is 5.88. The van der Waals surface area contributed by atoms with E-state index in [-0.39, 0.29) is 11.9 Å². The lowest BCUT2D eigenvalue weighted by Crippen LogP contribution is -2.54. The maximum absolute atomic E-state index is 10.5. The molecule has 8 atom stereocenters. The fraction of sp³-hybridized carbons (Fsp3) is 0.920. The van der Waals surface area contributed by atoms with E-state index in [1.807, 2.05) is 0 Å². The molecule has 3 unspecified atom stereocenters. The van der Waals surface area contributed by atoms with E-state index < -0.39 is 0 Å². The number of aliphatic hydroxyl groups excluding tert-OH is 1. The molecule has 4 aliphatic carbocycles. The number of alkyl halides is 1. The third-order valence-corrected chi connectivity index (χ3v) is 11.0. The second-order valence-electron chi connectivity index (χ2n) is 11.4. The number of aliphatic hydroxyl groups is 1. The van der Waals surface area contributed by atoms with Crippen molar-refractivity contribution in [3.8, 4) is 0 Å². The number of halogens is 1. The number of allylic oxidation sites excluding steroid dienone is 1. The Kier molecular flexibility index (Phi) is 5.25. The van der Waals surface area contributed by atoms with Crippen LogP contribution in [-0.2, 0) is 9.47 Å². The van der Waals surface area contributed by atoms with E-state index in [0.29, 0.717) is 20.7 Å². The zero-order chi connectivity index (χ0) is 20.6. The van der Waals surface area contributed by atoms with Gasteiger partial charge in [0, 0.05) is 9.84 Å². The Bertz CT molecular complexity index is 696. The first-order valence-electron chi connectivity index (χ1n) is 12.0. The first kappa shape index (κ1) is 21.2. The second-order valence-corrected chi connectivity index (χ2v) is 13.3. The molecule has 5 rings (SSSR count). The summed E-state index contributed by atoms with van der Waals surface area (Å²) in [6, 6.07) is 0. The minimum Gasteiger partial charge on any atom is -0.393 e. The molecule has 4 heteroatoms. The van der Waals surface area contributed by atoms with Crippen LogP contribution in [0.4, 0.5) is 0 Å². The van der Waals surface area contributed by atoms with E-state index >= 15 is 0 Å². The fourth-order valence-electron chi connectivity index (χ4n) is 8.83. The summed E-state index contributed by atoms with van der Waals surface area (Å²) in [7, 11) is 0. The Hall–Kier alpha value is 0.350. The summed E-state index contributed by atoms with van der Waals surface area (Å²) in [6.45, 7) is 11.2. The van der Waals surface area contributed by atoms with Gasteiger partial charge in [0.25, 0.3) is 0 Å². The highest BCUT2D eigenvalue weighted by Crippen LogP contribution is 2.69. The van der Waals surface area contributed by atoms with Crippen molar-refractivity contribution in [2.75, 3.05) is 13.2 Å². The van der Waals surface area contributed by atoms with E-state index in [4.69, 9.17) is 9.47 Å². The highest BCUT2D eigenvalue weighted by atomic mass is 127. The van der Waals surface area contributed by atoms with Crippen LogP contribution in [0.2, 0.25) is 0 Å². The summed E-state index contributed by atoms with van der Waals surface area (Å²) in [4.78, 5) is 0. The summed E-state index contributed by atoms with van der Waals surface area (Å²) < 4.78 is 12.9. The van der Waals surface area contributed by atoms with Gasteiger partial charge in [0.1, 0.15) is 0 Å². The summed E-state index contributed by atoms with van der Waals surface area (Å²) in [5.74, 6) is 2.52. The normalized spacial score (nSPS) is 50.1. The zero-order valence-electron chi connectivity index (χ0n) is 18.7. The smallest absolute Gasteiger partial charge is 0.169 e. The van der Waals surface area contributed by atoms with Crippen LogP contribution in [0.15, 0.2) is 11.1 Å². The quantitative estimate of drug-likeness (QED) is 0.284. The Morgan fingerprint density at radius 2 is 1.69 bits per heavy atom. The van der Waals surface area contributed by atoms with E-state index in [0.717, 1.165) is 43.8 Å². The topological polar surface area (TPSA) is 38.7 Å². The van der Waals surface area contributed by atoms with Gasteiger partial charge in [0.05, 0.1) is 19.3 Å². The lowest BCUT2D eigenvalue weighted by Gasteiger charge is -2.60. The molecule has 164 valence electrons. The SMILES string of the molecule is C[C@@H](I)C1=C2C[C@@H](O)CC[C@]2(C)C2CC[C@@]3(C)C(CC[C@@H]3C3(C)OCCO3)C2C1. The maximum atomic E-state index is 10.5.